The van der Waals surface area contributed by atoms with Crippen molar-refractivity contribution >= 4 is 28.6 Å². The van der Waals surface area contributed by atoms with Gasteiger partial charge in [-0.1, -0.05) is 36.4 Å². The van der Waals surface area contributed by atoms with Gasteiger partial charge in [0.2, 0.25) is 0 Å². The first-order valence-corrected chi connectivity index (χ1v) is 11.9. The van der Waals surface area contributed by atoms with Crippen molar-refractivity contribution in [2.45, 2.75) is 26.2 Å². The number of pyridine rings is 1. The zero-order chi connectivity index (χ0) is 28.7. The number of carbonyl (C=O) groups is 2. The minimum absolute atomic E-state index is 0.000324. The van der Waals surface area contributed by atoms with Crippen LogP contribution in [0.2, 0.25) is 0 Å². The average Bonchev–Trinajstić information content (AvgIpc) is 3.26. The van der Waals surface area contributed by atoms with Gasteiger partial charge in [0.25, 0.3) is 5.91 Å². The number of amidine groups is 1. The van der Waals surface area contributed by atoms with Crippen LogP contribution in [0.4, 0.5) is 13.2 Å². The third-order valence-electron chi connectivity index (χ3n) is 5.93. The minimum atomic E-state index is -5.19. The molecule has 8 nitrogen and oxygen atoms in total. The molecule has 0 atom stereocenters. The predicted octanol–water partition coefficient (Wildman–Crippen LogP) is 2.76. The Morgan fingerprint density at radius 3 is 2.26 bits per heavy atom. The third kappa shape index (κ3) is 7.44. The van der Waals surface area contributed by atoms with E-state index in [4.69, 9.17) is 21.0 Å². The molecule has 39 heavy (non-hydrogen) atoms. The number of carboxylic acids is 1. The van der Waals surface area contributed by atoms with Crippen LogP contribution >= 0.6 is 0 Å². The van der Waals surface area contributed by atoms with E-state index in [1.165, 1.54) is 0 Å². The second kappa shape index (κ2) is 12.2. The third-order valence-corrected chi connectivity index (χ3v) is 5.93. The summed E-state index contributed by atoms with van der Waals surface area (Å²) in [5, 5.41) is 17.5. The normalized spacial score (nSPS) is 11.0. The first-order chi connectivity index (χ1) is 18.4. The van der Waals surface area contributed by atoms with Gasteiger partial charge in [-0.2, -0.15) is 13.2 Å². The number of hydrogen-bond donors (Lipinski definition) is 2. The predicted molar refractivity (Wildman–Crippen MR) is 138 cm³/mol. The van der Waals surface area contributed by atoms with Crippen molar-refractivity contribution in [3.8, 4) is 0 Å². The number of carbonyl (C=O) groups excluding carboxylic acids is 2. The molecule has 0 aliphatic carbocycles. The fourth-order valence-electron chi connectivity index (χ4n) is 3.92. The Morgan fingerprint density at radius 2 is 1.67 bits per heavy atom. The van der Waals surface area contributed by atoms with E-state index >= 15 is 0 Å². The lowest BCUT2D eigenvalue weighted by atomic mass is 10.1. The number of carboxylic acid groups (broad SMARTS) is 1. The molecule has 0 radical (unpaired) electrons. The molecule has 2 heterocycles. The van der Waals surface area contributed by atoms with Crippen LogP contribution in [0.15, 0.2) is 79.1 Å². The molecule has 0 aliphatic heterocycles. The van der Waals surface area contributed by atoms with Gasteiger partial charge in [-0.05, 0) is 36.2 Å². The van der Waals surface area contributed by atoms with Gasteiger partial charge in [0.15, 0.2) is 12.4 Å². The van der Waals surface area contributed by atoms with E-state index in [0.717, 1.165) is 22.0 Å². The van der Waals surface area contributed by atoms with Crippen LogP contribution in [0.5, 0.6) is 0 Å². The second-order valence-corrected chi connectivity index (χ2v) is 8.76. The van der Waals surface area contributed by atoms with E-state index in [-0.39, 0.29) is 11.7 Å². The maximum atomic E-state index is 13.6. The van der Waals surface area contributed by atoms with Gasteiger partial charge in [-0.3, -0.25) is 10.2 Å². The van der Waals surface area contributed by atoms with E-state index in [2.05, 4.69) is 4.57 Å². The summed E-state index contributed by atoms with van der Waals surface area (Å²) in [6.45, 7) is 3.69. The van der Waals surface area contributed by atoms with E-state index in [0.29, 0.717) is 30.9 Å². The topological polar surface area (TPSA) is 119 Å². The Hall–Kier alpha value is -4.67. The zero-order valence-electron chi connectivity index (χ0n) is 21.4. The SMILES string of the molecule is CCN(Cc1cc[n+](C)cc1)C(=O)c1cc2ccccc2n1Cc1cccc(C(=N)N)c1.O=C([O-])C(F)(F)F. The van der Waals surface area contributed by atoms with Crippen LogP contribution < -0.4 is 15.4 Å². The first-order valence-electron chi connectivity index (χ1n) is 11.9. The molecule has 0 fully saturated rings. The number of amides is 1. The lowest BCUT2D eigenvalue weighted by Crippen LogP contribution is -2.37. The molecule has 0 unspecified atom stereocenters. The summed E-state index contributed by atoms with van der Waals surface area (Å²) in [6.07, 6.45) is -1.21. The smallest absolute Gasteiger partial charge is 0.430 e. The number of halogens is 3. The summed E-state index contributed by atoms with van der Waals surface area (Å²) < 4.78 is 35.6. The maximum absolute atomic E-state index is 13.6. The number of aryl methyl sites for hydroxylation is 1. The summed E-state index contributed by atoms with van der Waals surface area (Å²) in [5.74, 6) is -2.97. The second-order valence-electron chi connectivity index (χ2n) is 8.76. The lowest BCUT2D eigenvalue weighted by molar-refractivity contribution is -0.671. The van der Waals surface area contributed by atoms with Crippen molar-refractivity contribution < 1.29 is 32.4 Å². The maximum Gasteiger partial charge on any atom is 0.430 e. The Bertz CT molecular complexity index is 1480. The van der Waals surface area contributed by atoms with Crippen molar-refractivity contribution in [2.75, 3.05) is 6.54 Å². The summed E-state index contributed by atoms with van der Waals surface area (Å²) in [7, 11) is 1.98. The fourth-order valence-corrected chi connectivity index (χ4v) is 3.92. The number of nitrogens with one attached hydrogen (secondary N) is 1. The quantitative estimate of drug-likeness (QED) is 0.213. The van der Waals surface area contributed by atoms with E-state index in [9.17, 15) is 18.0 Å². The molecule has 0 saturated heterocycles. The summed E-state index contributed by atoms with van der Waals surface area (Å²) in [5.41, 5.74) is 10.1. The van der Waals surface area contributed by atoms with E-state index in [1.54, 1.807) is 0 Å². The van der Waals surface area contributed by atoms with Crippen LogP contribution in [-0.2, 0) is 24.9 Å². The monoisotopic (exact) mass is 539 g/mol. The largest absolute Gasteiger partial charge is 0.542 e. The number of alkyl halides is 3. The summed E-state index contributed by atoms with van der Waals surface area (Å²) >= 11 is 0. The van der Waals surface area contributed by atoms with Gasteiger partial charge in [0, 0.05) is 48.2 Å². The standard InChI is InChI=1S/C26H28N5O.C2HF3O2/c1-3-30(17-19-11-13-29(2)14-12-19)26(32)24-16-21-8-4-5-10-23(21)31(24)18-20-7-6-9-22(15-20)25(27)28;3-2(4,5)1(6)7/h4-16H,3,17-18H2,1-2H3,(H3,27,28);(H,6,7)/q+1;/p-1. The highest BCUT2D eigenvalue weighted by molar-refractivity contribution is 5.99. The molecule has 0 spiro atoms. The van der Waals surface area contributed by atoms with Crippen LogP contribution in [-0.4, -0.2) is 39.9 Å². The number of nitrogens with zero attached hydrogens (tertiary/aromatic N) is 3. The van der Waals surface area contributed by atoms with Gasteiger partial charge < -0.3 is 25.1 Å². The van der Waals surface area contributed by atoms with Gasteiger partial charge in [-0.15, -0.1) is 0 Å². The molecular weight excluding hydrogens is 511 g/mol. The molecule has 2 aromatic heterocycles. The number of hydrogen-bond acceptors (Lipinski definition) is 4. The number of rotatable bonds is 7. The lowest BCUT2D eigenvalue weighted by Gasteiger charge is -2.22. The highest BCUT2D eigenvalue weighted by Crippen LogP contribution is 2.23. The molecule has 11 heteroatoms. The van der Waals surface area contributed by atoms with Crippen LogP contribution in [0.1, 0.15) is 34.1 Å². The number of para-hydroxylation sites is 1. The van der Waals surface area contributed by atoms with E-state index < -0.39 is 12.1 Å². The van der Waals surface area contributed by atoms with Crippen LogP contribution in [0.3, 0.4) is 0 Å². The van der Waals surface area contributed by atoms with Gasteiger partial charge >= 0.3 is 6.18 Å². The Kier molecular flexibility index (Phi) is 9.08. The van der Waals surface area contributed by atoms with Crippen LogP contribution in [0, 0.1) is 5.41 Å². The van der Waals surface area contributed by atoms with Crippen molar-refractivity contribution in [2.24, 2.45) is 12.8 Å². The number of nitrogen functional groups attached to an aromatic ring is 1. The summed E-state index contributed by atoms with van der Waals surface area (Å²) in [4.78, 5) is 24.3. The number of aliphatic carboxylic acids is 1. The molecule has 3 N–H and O–H groups in total. The highest BCUT2D eigenvalue weighted by Gasteiger charge is 2.28. The Balaban J connectivity index is 0.000000532. The molecule has 0 saturated carbocycles. The van der Waals surface area contributed by atoms with Crippen LogP contribution in [0.25, 0.3) is 10.9 Å². The van der Waals surface area contributed by atoms with Crippen molar-refractivity contribution in [1.29, 1.82) is 5.41 Å². The highest BCUT2D eigenvalue weighted by atomic mass is 19.4. The van der Waals surface area contributed by atoms with Crippen molar-refractivity contribution in [3.05, 3.63) is 102 Å². The minimum Gasteiger partial charge on any atom is -0.542 e. The zero-order valence-corrected chi connectivity index (χ0v) is 21.4. The number of benzene rings is 2. The van der Waals surface area contributed by atoms with Gasteiger partial charge in [-0.25, -0.2) is 4.57 Å². The van der Waals surface area contributed by atoms with Gasteiger partial charge in [0.1, 0.15) is 24.5 Å². The Morgan fingerprint density at radius 1 is 1.03 bits per heavy atom. The number of fused-ring (bicyclic) bond motifs is 1. The van der Waals surface area contributed by atoms with Gasteiger partial charge in [0.05, 0.1) is 0 Å². The van der Waals surface area contributed by atoms with E-state index in [1.807, 2.05) is 103 Å². The molecule has 4 rings (SSSR count). The molecule has 204 valence electrons. The molecule has 1 amide bonds. The molecule has 4 aromatic rings. The molecule has 2 aromatic carbocycles. The molecular formula is C28H28F3N5O3. The summed E-state index contributed by atoms with van der Waals surface area (Å²) in [6, 6.07) is 21.7. The number of aromatic nitrogens is 2. The fraction of sp³-hybridized carbons (Fsp3) is 0.214. The molecule has 0 aliphatic rings. The number of nitrogens with two attached hydrogens (primary N) is 1. The van der Waals surface area contributed by atoms with Crippen molar-refractivity contribution in [3.63, 3.8) is 0 Å². The first kappa shape index (κ1) is 28.9. The average molecular weight is 540 g/mol. The van der Waals surface area contributed by atoms with Crippen molar-refractivity contribution in [1.82, 2.24) is 9.47 Å². The Labute approximate surface area is 223 Å². The molecule has 0 bridgehead atoms.